The van der Waals surface area contributed by atoms with Crippen LogP contribution >= 0.6 is 0 Å². The van der Waals surface area contributed by atoms with E-state index < -0.39 is 23.4 Å². The Bertz CT molecular complexity index is 1020. The number of ether oxygens (including phenoxy) is 2. The number of benzene rings is 2. The molecule has 2 aromatic rings. The maximum Gasteiger partial charge on any atom is 0.325 e. The molecule has 0 saturated carbocycles. The van der Waals surface area contributed by atoms with Crippen molar-refractivity contribution in [2.75, 3.05) is 50.2 Å². The normalized spacial score (nSPS) is 20.8. The highest BCUT2D eigenvalue weighted by atomic mass is 16.5. The van der Waals surface area contributed by atoms with E-state index in [1.54, 1.807) is 43.3 Å². The molecule has 9 heteroatoms. The van der Waals surface area contributed by atoms with Crippen LogP contribution in [0.1, 0.15) is 12.5 Å². The number of hydrogen-bond acceptors (Lipinski definition) is 6. The van der Waals surface area contributed by atoms with E-state index in [1.807, 2.05) is 12.1 Å². The Morgan fingerprint density at radius 1 is 1.16 bits per heavy atom. The van der Waals surface area contributed by atoms with E-state index in [0.29, 0.717) is 30.2 Å². The molecule has 0 spiro atoms. The van der Waals surface area contributed by atoms with Crippen LogP contribution in [-0.2, 0) is 19.9 Å². The molecule has 2 saturated heterocycles. The van der Waals surface area contributed by atoms with Crippen molar-refractivity contribution in [2.45, 2.75) is 12.5 Å². The SMILES string of the molecule is COc1cccc([C@]2(C)NC(=O)N(CC(=O)Nc3ccc(N4CCOCC4)cc3)C2=O)c1. The number of anilines is 2. The summed E-state index contributed by atoms with van der Waals surface area (Å²) in [5.41, 5.74) is 0.951. The second-order valence-electron chi connectivity index (χ2n) is 7.87. The van der Waals surface area contributed by atoms with Crippen LogP contribution in [0.3, 0.4) is 0 Å². The van der Waals surface area contributed by atoms with Gasteiger partial charge in [-0.3, -0.25) is 14.5 Å². The second kappa shape index (κ2) is 8.88. The van der Waals surface area contributed by atoms with Crippen molar-refractivity contribution in [2.24, 2.45) is 0 Å². The van der Waals surface area contributed by atoms with Crippen molar-refractivity contribution in [3.63, 3.8) is 0 Å². The zero-order chi connectivity index (χ0) is 22.7. The Hall–Kier alpha value is -3.59. The second-order valence-corrected chi connectivity index (χ2v) is 7.87. The molecule has 9 nitrogen and oxygen atoms in total. The summed E-state index contributed by atoms with van der Waals surface area (Å²) in [6, 6.07) is 13.8. The van der Waals surface area contributed by atoms with Gasteiger partial charge in [-0.1, -0.05) is 12.1 Å². The van der Waals surface area contributed by atoms with Crippen LogP contribution in [0.25, 0.3) is 0 Å². The Labute approximate surface area is 186 Å². The molecule has 2 aliphatic heterocycles. The number of imide groups is 1. The predicted octanol–water partition coefficient (Wildman–Crippen LogP) is 1.94. The number of methoxy groups -OCH3 is 1. The first-order chi connectivity index (χ1) is 15.4. The fourth-order valence-electron chi connectivity index (χ4n) is 3.89. The number of rotatable bonds is 6. The van der Waals surface area contributed by atoms with Crippen molar-refractivity contribution < 1.29 is 23.9 Å². The summed E-state index contributed by atoms with van der Waals surface area (Å²) in [7, 11) is 1.53. The maximum atomic E-state index is 13.1. The van der Waals surface area contributed by atoms with Crippen molar-refractivity contribution in [1.29, 1.82) is 0 Å². The summed E-state index contributed by atoms with van der Waals surface area (Å²) in [6.07, 6.45) is 0. The third kappa shape index (κ3) is 4.24. The first kappa shape index (κ1) is 21.6. The summed E-state index contributed by atoms with van der Waals surface area (Å²) >= 11 is 0. The minimum absolute atomic E-state index is 0.380. The topological polar surface area (TPSA) is 100 Å². The predicted molar refractivity (Wildman–Crippen MR) is 119 cm³/mol. The molecule has 4 rings (SSSR count). The average Bonchev–Trinajstić information content (AvgIpc) is 3.04. The van der Waals surface area contributed by atoms with E-state index in [0.717, 1.165) is 23.7 Å². The number of amides is 4. The summed E-state index contributed by atoms with van der Waals surface area (Å²) in [5, 5.41) is 5.45. The van der Waals surface area contributed by atoms with E-state index in [1.165, 1.54) is 7.11 Å². The van der Waals surface area contributed by atoms with Crippen LogP contribution in [0.2, 0.25) is 0 Å². The Kier molecular flexibility index (Phi) is 6.00. The Morgan fingerprint density at radius 3 is 2.56 bits per heavy atom. The van der Waals surface area contributed by atoms with Crippen LogP contribution in [-0.4, -0.2) is 62.7 Å². The smallest absolute Gasteiger partial charge is 0.325 e. The van der Waals surface area contributed by atoms with Crippen LogP contribution in [0.5, 0.6) is 5.75 Å². The van der Waals surface area contributed by atoms with Gasteiger partial charge in [-0.25, -0.2) is 4.79 Å². The van der Waals surface area contributed by atoms with E-state index in [9.17, 15) is 14.4 Å². The van der Waals surface area contributed by atoms with E-state index in [4.69, 9.17) is 9.47 Å². The van der Waals surface area contributed by atoms with Gasteiger partial charge >= 0.3 is 6.03 Å². The molecule has 4 amide bonds. The minimum Gasteiger partial charge on any atom is -0.497 e. The minimum atomic E-state index is -1.27. The van der Waals surface area contributed by atoms with E-state index in [2.05, 4.69) is 15.5 Å². The number of nitrogens with zero attached hydrogens (tertiary/aromatic N) is 2. The molecule has 2 aliphatic rings. The molecule has 2 N–H and O–H groups in total. The lowest BCUT2D eigenvalue weighted by atomic mass is 9.92. The first-order valence-electron chi connectivity index (χ1n) is 10.4. The molecule has 2 heterocycles. The molecular formula is C23H26N4O5. The third-order valence-electron chi connectivity index (χ3n) is 5.75. The molecule has 2 aromatic carbocycles. The van der Waals surface area contributed by atoms with Crippen molar-refractivity contribution >= 4 is 29.2 Å². The maximum absolute atomic E-state index is 13.1. The molecule has 168 valence electrons. The fourth-order valence-corrected chi connectivity index (χ4v) is 3.89. The molecule has 1 atom stereocenters. The van der Waals surface area contributed by atoms with Crippen molar-refractivity contribution in [1.82, 2.24) is 10.2 Å². The quantitative estimate of drug-likeness (QED) is 0.669. The molecule has 0 bridgehead atoms. The summed E-state index contributed by atoms with van der Waals surface area (Å²) in [5.74, 6) is -0.376. The summed E-state index contributed by atoms with van der Waals surface area (Å²) < 4.78 is 10.6. The van der Waals surface area contributed by atoms with Gasteiger partial charge in [-0.05, 0) is 48.9 Å². The third-order valence-corrected chi connectivity index (χ3v) is 5.75. The van der Waals surface area contributed by atoms with Gasteiger partial charge < -0.3 is 25.0 Å². The van der Waals surface area contributed by atoms with Gasteiger partial charge in [0.2, 0.25) is 5.91 Å². The Morgan fingerprint density at radius 2 is 1.88 bits per heavy atom. The molecule has 2 fully saturated rings. The first-order valence-corrected chi connectivity index (χ1v) is 10.4. The molecule has 0 radical (unpaired) electrons. The summed E-state index contributed by atoms with van der Waals surface area (Å²) in [6.45, 7) is 4.27. The highest BCUT2D eigenvalue weighted by Crippen LogP contribution is 2.30. The van der Waals surface area contributed by atoms with E-state index >= 15 is 0 Å². The zero-order valence-electron chi connectivity index (χ0n) is 18.1. The van der Waals surface area contributed by atoms with Gasteiger partial charge in [0.1, 0.15) is 17.8 Å². The zero-order valence-corrected chi connectivity index (χ0v) is 18.1. The van der Waals surface area contributed by atoms with Crippen molar-refractivity contribution in [3.8, 4) is 5.75 Å². The standard InChI is InChI=1S/C23H26N4O5/c1-23(16-4-3-5-19(14-16)31-2)21(29)27(22(30)25-23)15-20(28)24-17-6-8-18(9-7-17)26-10-12-32-13-11-26/h3-9,14H,10-13,15H2,1-2H3,(H,24,28)(H,25,30)/t23-/m0/s1. The van der Waals surface area contributed by atoms with Gasteiger partial charge in [0.15, 0.2) is 0 Å². The van der Waals surface area contributed by atoms with Gasteiger partial charge in [0.05, 0.1) is 20.3 Å². The number of carbonyl (C=O) groups is 3. The number of hydrogen-bond donors (Lipinski definition) is 2. The number of carbonyl (C=O) groups excluding carboxylic acids is 3. The molecular weight excluding hydrogens is 412 g/mol. The lowest BCUT2D eigenvalue weighted by Gasteiger charge is -2.28. The van der Waals surface area contributed by atoms with Crippen molar-refractivity contribution in [3.05, 3.63) is 54.1 Å². The number of nitrogens with one attached hydrogen (secondary N) is 2. The van der Waals surface area contributed by atoms with Gasteiger partial charge in [-0.15, -0.1) is 0 Å². The highest BCUT2D eigenvalue weighted by Gasteiger charge is 2.49. The van der Waals surface area contributed by atoms with Crippen LogP contribution in [0.4, 0.5) is 16.2 Å². The number of morpholine rings is 1. The highest BCUT2D eigenvalue weighted by molar-refractivity contribution is 6.10. The van der Waals surface area contributed by atoms with Gasteiger partial charge in [0.25, 0.3) is 5.91 Å². The monoisotopic (exact) mass is 438 g/mol. The summed E-state index contributed by atoms with van der Waals surface area (Å²) in [4.78, 5) is 41.3. The lowest BCUT2D eigenvalue weighted by molar-refractivity contribution is -0.133. The Balaban J connectivity index is 1.40. The molecule has 0 aliphatic carbocycles. The van der Waals surface area contributed by atoms with Gasteiger partial charge in [0, 0.05) is 24.5 Å². The number of urea groups is 1. The molecule has 0 unspecified atom stereocenters. The molecule has 32 heavy (non-hydrogen) atoms. The fraction of sp³-hybridized carbons (Fsp3) is 0.348. The molecule has 0 aromatic heterocycles. The van der Waals surface area contributed by atoms with Crippen LogP contribution in [0, 0.1) is 0 Å². The average molecular weight is 438 g/mol. The van der Waals surface area contributed by atoms with E-state index in [-0.39, 0.29) is 6.54 Å². The largest absolute Gasteiger partial charge is 0.497 e. The van der Waals surface area contributed by atoms with Gasteiger partial charge in [-0.2, -0.15) is 0 Å². The van der Waals surface area contributed by atoms with Crippen LogP contribution < -0.4 is 20.3 Å². The lowest BCUT2D eigenvalue weighted by Crippen LogP contribution is -2.42. The van der Waals surface area contributed by atoms with Crippen LogP contribution in [0.15, 0.2) is 48.5 Å².